The van der Waals surface area contributed by atoms with E-state index in [0.717, 1.165) is 38.5 Å². The number of carbonyl (C=O) groups excluding carboxylic acids is 2. The summed E-state index contributed by atoms with van der Waals surface area (Å²) in [5.41, 5.74) is -2.66. The lowest BCUT2D eigenvalue weighted by Crippen LogP contribution is -2.80. The number of unbranched alkanes of at least 4 members (excludes halogenated alkanes) is 2. The lowest BCUT2D eigenvalue weighted by Gasteiger charge is -2.55. The van der Waals surface area contributed by atoms with Crippen LogP contribution in [-0.4, -0.2) is 45.4 Å². The molecule has 2 unspecified atom stereocenters. The predicted octanol–water partition coefficient (Wildman–Crippen LogP) is 1.45. The summed E-state index contributed by atoms with van der Waals surface area (Å²) in [4.78, 5) is 25.0. The molecule has 0 aromatic heterocycles. The molecule has 3 aliphatic rings. The monoisotopic (exact) mass is 351 g/mol. The molecule has 0 aromatic rings. The molecule has 2 fully saturated rings. The van der Waals surface area contributed by atoms with Gasteiger partial charge in [-0.05, 0) is 32.6 Å². The van der Waals surface area contributed by atoms with Gasteiger partial charge in [0.15, 0.2) is 5.60 Å². The average molecular weight is 351 g/mol. The van der Waals surface area contributed by atoms with E-state index in [0.29, 0.717) is 6.42 Å². The first-order chi connectivity index (χ1) is 11.9. The first-order valence-corrected chi connectivity index (χ1v) is 9.46. The van der Waals surface area contributed by atoms with Gasteiger partial charge in [-0.15, -0.1) is 0 Å². The minimum atomic E-state index is -1.45. The Balaban J connectivity index is 1.84. The van der Waals surface area contributed by atoms with Crippen molar-refractivity contribution in [3.05, 3.63) is 12.2 Å². The van der Waals surface area contributed by atoms with Crippen LogP contribution in [-0.2, 0) is 14.3 Å². The summed E-state index contributed by atoms with van der Waals surface area (Å²) in [6, 6.07) is 0. The van der Waals surface area contributed by atoms with Crippen molar-refractivity contribution in [3.63, 3.8) is 0 Å². The molecule has 0 spiro atoms. The second kappa shape index (κ2) is 6.72. The number of aliphatic hydroxyl groups excluding tert-OH is 2. The molecule has 6 heteroatoms. The van der Waals surface area contributed by atoms with Gasteiger partial charge in [-0.25, -0.2) is 4.79 Å². The summed E-state index contributed by atoms with van der Waals surface area (Å²) in [6.07, 6.45) is 7.95. The van der Waals surface area contributed by atoms with Gasteiger partial charge in [0.1, 0.15) is 5.92 Å². The minimum absolute atomic E-state index is 0.197. The molecular weight excluding hydrogens is 322 g/mol. The van der Waals surface area contributed by atoms with Crippen molar-refractivity contribution >= 4 is 11.9 Å². The second-order valence-corrected chi connectivity index (χ2v) is 7.80. The largest absolute Gasteiger partial charge is 0.453 e. The molecular formula is C19H29NO5. The zero-order chi connectivity index (χ0) is 18.2. The molecule has 0 radical (unpaired) electrons. The van der Waals surface area contributed by atoms with Crippen LogP contribution in [0.25, 0.3) is 0 Å². The molecule has 0 saturated carbocycles. The van der Waals surface area contributed by atoms with E-state index in [4.69, 9.17) is 4.74 Å². The van der Waals surface area contributed by atoms with Crippen molar-refractivity contribution in [3.8, 4) is 0 Å². The summed E-state index contributed by atoms with van der Waals surface area (Å²) in [7, 11) is 0. The van der Waals surface area contributed by atoms with Crippen molar-refractivity contribution in [2.45, 2.75) is 82.1 Å². The van der Waals surface area contributed by atoms with Crippen molar-refractivity contribution in [1.29, 1.82) is 0 Å². The number of esters is 1. The number of rotatable bonds is 7. The van der Waals surface area contributed by atoms with E-state index in [9.17, 15) is 19.8 Å². The number of amides is 1. The smallest absolute Gasteiger partial charge is 0.339 e. The highest BCUT2D eigenvalue weighted by Gasteiger charge is 2.80. The lowest BCUT2D eigenvalue weighted by molar-refractivity contribution is -0.243. The zero-order valence-corrected chi connectivity index (χ0v) is 15.0. The Kier molecular flexibility index (Phi) is 4.95. The third-order valence-electron chi connectivity index (χ3n) is 6.23. The molecule has 1 aliphatic carbocycles. The number of fused-ring (bicyclic) bond motifs is 1. The van der Waals surface area contributed by atoms with Crippen LogP contribution in [0.4, 0.5) is 0 Å². The zero-order valence-electron chi connectivity index (χ0n) is 15.0. The van der Waals surface area contributed by atoms with E-state index in [1.165, 1.54) is 0 Å². The fraction of sp³-hybridized carbons (Fsp3) is 0.789. The van der Waals surface area contributed by atoms with Crippen LogP contribution in [0.15, 0.2) is 12.2 Å². The third kappa shape index (κ3) is 2.61. The molecule has 1 amide bonds. The van der Waals surface area contributed by atoms with Crippen LogP contribution in [0.5, 0.6) is 0 Å². The SMILES string of the molecule is CCCCCC(O)[C@H]1C(=O)N[C@@]2([C@@H](O)C3C=CCCC3)C(=O)O[C@]12C. The normalized spacial score (nSPS) is 39.2. The van der Waals surface area contributed by atoms with Crippen molar-refractivity contribution in [2.24, 2.45) is 11.8 Å². The summed E-state index contributed by atoms with van der Waals surface area (Å²) in [5, 5.41) is 24.3. The Morgan fingerprint density at radius 2 is 2.12 bits per heavy atom. The molecule has 2 aliphatic heterocycles. The molecule has 2 saturated heterocycles. The average Bonchev–Trinajstić information content (AvgIpc) is 2.78. The molecule has 0 bridgehead atoms. The molecule has 2 heterocycles. The Hall–Kier alpha value is -1.40. The fourth-order valence-corrected chi connectivity index (χ4v) is 4.74. The van der Waals surface area contributed by atoms with Crippen LogP contribution < -0.4 is 5.32 Å². The summed E-state index contributed by atoms with van der Waals surface area (Å²) in [6.45, 7) is 3.73. The first-order valence-electron chi connectivity index (χ1n) is 9.46. The molecule has 3 rings (SSSR count). The number of carbonyl (C=O) groups is 2. The lowest BCUT2D eigenvalue weighted by atomic mass is 9.64. The van der Waals surface area contributed by atoms with Gasteiger partial charge in [0.25, 0.3) is 0 Å². The van der Waals surface area contributed by atoms with Crippen LogP contribution in [0.1, 0.15) is 58.8 Å². The van der Waals surface area contributed by atoms with Crippen LogP contribution in [0, 0.1) is 11.8 Å². The van der Waals surface area contributed by atoms with Gasteiger partial charge in [-0.3, -0.25) is 4.79 Å². The fourth-order valence-electron chi connectivity index (χ4n) is 4.74. The van der Waals surface area contributed by atoms with Gasteiger partial charge in [0.05, 0.1) is 12.2 Å². The van der Waals surface area contributed by atoms with Gasteiger partial charge < -0.3 is 20.3 Å². The number of allylic oxidation sites excluding steroid dienone is 1. The van der Waals surface area contributed by atoms with E-state index < -0.39 is 41.1 Å². The highest BCUT2D eigenvalue weighted by Crippen LogP contribution is 2.53. The Labute approximate surface area is 148 Å². The van der Waals surface area contributed by atoms with Crippen LogP contribution >= 0.6 is 0 Å². The predicted molar refractivity (Wildman–Crippen MR) is 91.5 cm³/mol. The maximum absolute atomic E-state index is 12.6. The molecule has 3 N–H and O–H groups in total. The Bertz CT molecular complexity index is 576. The maximum atomic E-state index is 12.6. The molecule has 6 nitrogen and oxygen atoms in total. The van der Waals surface area contributed by atoms with Crippen LogP contribution in [0.3, 0.4) is 0 Å². The van der Waals surface area contributed by atoms with Crippen molar-refractivity contribution in [2.75, 3.05) is 0 Å². The topological polar surface area (TPSA) is 95.9 Å². The number of hydrogen-bond donors (Lipinski definition) is 3. The quantitative estimate of drug-likeness (QED) is 0.366. The van der Waals surface area contributed by atoms with Gasteiger partial charge in [0.2, 0.25) is 11.4 Å². The highest BCUT2D eigenvalue weighted by atomic mass is 16.6. The van der Waals surface area contributed by atoms with Gasteiger partial charge >= 0.3 is 5.97 Å². The molecule has 6 atom stereocenters. The summed E-state index contributed by atoms with van der Waals surface area (Å²) in [5.74, 6) is -2.05. The van der Waals surface area contributed by atoms with E-state index >= 15 is 0 Å². The number of ether oxygens (including phenoxy) is 1. The van der Waals surface area contributed by atoms with Crippen molar-refractivity contribution < 1.29 is 24.5 Å². The van der Waals surface area contributed by atoms with E-state index in [1.54, 1.807) is 6.92 Å². The third-order valence-corrected chi connectivity index (χ3v) is 6.23. The summed E-state index contributed by atoms with van der Waals surface area (Å²) < 4.78 is 5.41. The van der Waals surface area contributed by atoms with E-state index in [1.807, 2.05) is 12.2 Å². The number of aliphatic hydroxyl groups is 2. The molecule has 140 valence electrons. The maximum Gasteiger partial charge on any atom is 0.339 e. The molecule has 25 heavy (non-hydrogen) atoms. The van der Waals surface area contributed by atoms with Gasteiger partial charge in [-0.2, -0.15) is 0 Å². The van der Waals surface area contributed by atoms with Crippen LogP contribution in [0.2, 0.25) is 0 Å². The summed E-state index contributed by atoms with van der Waals surface area (Å²) >= 11 is 0. The number of hydrogen-bond acceptors (Lipinski definition) is 5. The first kappa shape index (κ1) is 18.4. The van der Waals surface area contributed by atoms with E-state index in [-0.39, 0.29) is 5.92 Å². The van der Waals surface area contributed by atoms with E-state index in [2.05, 4.69) is 12.2 Å². The van der Waals surface area contributed by atoms with Crippen molar-refractivity contribution in [1.82, 2.24) is 5.32 Å². The molecule has 0 aromatic carbocycles. The van der Waals surface area contributed by atoms with Gasteiger partial charge in [-0.1, -0.05) is 38.3 Å². The highest BCUT2D eigenvalue weighted by molar-refractivity contribution is 6.02. The minimum Gasteiger partial charge on any atom is -0.453 e. The Morgan fingerprint density at radius 1 is 1.36 bits per heavy atom. The Morgan fingerprint density at radius 3 is 2.72 bits per heavy atom. The number of nitrogens with one attached hydrogen (secondary N) is 1. The second-order valence-electron chi connectivity index (χ2n) is 7.80. The standard InChI is InChI=1S/C19H29NO5/c1-3-4-6-11-13(21)14-16(23)20-19(17(24)25-18(14,19)2)15(22)12-9-7-5-8-10-12/h7,9,12-15,21-22H,3-6,8,10-11H2,1-2H3,(H,20,23)/t12?,13?,14-,15-,18+,19-/m0/s1. The van der Waals surface area contributed by atoms with Gasteiger partial charge in [0, 0.05) is 5.92 Å².